The van der Waals surface area contributed by atoms with Crippen LogP contribution >= 0.6 is 0 Å². The smallest absolute Gasteiger partial charge is 0.0702 e. The average Bonchev–Trinajstić information content (AvgIpc) is 2.87. The van der Waals surface area contributed by atoms with Gasteiger partial charge in [-0.05, 0) is 71.4 Å². The lowest BCUT2D eigenvalue weighted by atomic mass is 9.92. The zero-order valence-electron chi connectivity index (χ0n) is 25.1. The van der Waals surface area contributed by atoms with Gasteiger partial charge in [-0.3, -0.25) is 9.98 Å². The first kappa shape index (κ1) is 29.3. The minimum Gasteiger partial charge on any atom is -0.252 e. The summed E-state index contributed by atoms with van der Waals surface area (Å²) in [6, 6.07) is 23.7. The maximum atomic E-state index is 5.34. The average molecular weight is 507 g/mol. The van der Waals surface area contributed by atoms with Crippen molar-refractivity contribution in [2.24, 2.45) is 9.98 Å². The summed E-state index contributed by atoms with van der Waals surface area (Å²) in [5, 5.41) is 0. The third-order valence-corrected chi connectivity index (χ3v) is 7.13. The van der Waals surface area contributed by atoms with Crippen molar-refractivity contribution in [2.45, 2.75) is 92.9 Å². The van der Waals surface area contributed by atoms with E-state index in [0.717, 1.165) is 33.9 Å². The lowest BCUT2D eigenvalue weighted by Crippen LogP contribution is -2.09. The van der Waals surface area contributed by atoms with E-state index in [1.165, 1.54) is 22.3 Å². The molecule has 0 saturated heterocycles. The molecule has 0 aromatic heterocycles. The summed E-state index contributed by atoms with van der Waals surface area (Å²) < 4.78 is 0. The first-order valence-electron chi connectivity index (χ1n) is 14.1. The van der Waals surface area contributed by atoms with Gasteiger partial charge in [0.25, 0.3) is 0 Å². The first-order chi connectivity index (χ1) is 18.0. The van der Waals surface area contributed by atoms with E-state index < -0.39 is 0 Å². The van der Waals surface area contributed by atoms with E-state index in [2.05, 4.69) is 142 Å². The van der Waals surface area contributed by atoms with Crippen LogP contribution in [0.1, 0.15) is 121 Å². The SMILES string of the molecule is CC(=Nc1c(C(C)C)cccc1C(C)C)C(=Cc1ccccc1)C(C)=Nc1c(C(C)C)cccc1C(C)C. The quantitative estimate of drug-likeness (QED) is 0.258. The summed E-state index contributed by atoms with van der Waals surface area (Å²) in [7, 11) is 0. The molecule has 2 heteroatoms. The molecule has 2 nitrogen and oxygen atoms in total. The molecule has 0 heterocycles. The van der Waals surface area contributed by atoms with Crippen LogP contribution in [-0.2, 0) is 0 Å². The second-order valence-electron chi connectivity index (χ2n) is 11.6. The van der Waals surface area contributed by atoms with Crippen LogP contribution in [0.15, 0.2) is 82.3 Å². The second-order valence-corrected chi connectivity index (χ2v) is 11.6. The van der Waals surface area contributed by atoms with Crippen molar-refractivity contribution >= 4 is 28.9 Å². The molecule has 0 fully saturated rings. The molecule has 38 heavy (non-hydrogen) atoms. The van der Waals surface area contributed by atoms with Crippen molar-refractivity contribution in [3.63, 3.8) is 0 Å². The van der Waals surface area contributed by atoms with Gasteiger partial charge in [-0.1, -0.05) is 122 Å². The minimum atomic E-state index is 0.392. The Labute approximate surface area is 231 Å². The Hall–Kier alpha value is -3.26. The van der Waals surface area contributed by atoms with E-state index in [0.29, 0.717) is 23.7 Å². The van der Waals surface area contributed by atoms with E-state index in [1.807, 2.05) is 0 Å². The van der Waals surface area contributed by atoms with Crippen LogP contribution < -0.4 is 0 Å². The van der Waals surface area contributed by atoms with Gasteiger partial charge in [-0.2, -0.15) is 0 Å². The zero-order valence-corrected chi connectivity index (χ0v) is 25.1. The highest BCUT2D eigenvalue weighted by Gasteiger charge is 2.17. The van der Waals surface area contributed by atoms with E-state index in [1.54, 1.807) is 0 Å². The van der Waals surface area contributed by atoms with Gasteiger partial charge in [0, 0.05) is 17.0 Å². The van der Waals surface area contributed by atoms with Crippen molar-refractivity contribution in [1.82, 2.24) is 0 Å². The molecule has 0 N–H and O–H groups in total. The van der Waals surface area contributed by atoms with Gasteiger partial charge in [-0.15, -0.1) is 0 Å². The molecular weight excluding hydrogens is 460 g/mol. The molecule has 3 aromatic carbocycles. The van der Waals surface area contributed by atoms with E-state index >= 15 is 0 Å². The molecule has 3 aromatic rings. The normalized spacial score (nSPS) is 12.7. The Morgan fingerprint density at radius 1 is 0.500 bits per heavy atom. The highest BCUT2D eigenvalue weighted by Crippen LogP contribution is 2.37. The van der Waals surface area contributed by atoms with Crippen LogP contribution in [0.25, 0.3) is 6.08 Å². The van der Waals surface area contributed by atoms with Crippen molar-refractivity contribution in [3.8, 4) is 0 Å². The molecular formula is C36H46N2. The molecule has 0 saturated carbocycles. The van der Waals surface area contributed by atoms with Crippen LogP contribution in [0, 0.1) is 0 Å². The fourth-order valence-corrected chi connectivity index (χ4v) is 4.92. The molecule has 0 amide bonds. The summed E-state index contributed by atoms with van der Waals surface area (Å²) in [4.78, 5) is 10.7. The fraction of sp³-hybridized carbons (Fsp3) is 0.389. The van der Waals surface area contributed by atoms with E-state index in [4.69, 9.17) is 9.98 Å². The van der Waals surface area contributed by atoms with Gasteiger partial charge < -0.3 is 0 Å². The van der Waals surface area contributed by atoms with Crippen LogP contribution in [-0.4, -0.2) is 11.4 Å². The van der Waals surface area contributed by atoms with Crippen LogP contribution in [0.2, 0.25) is 0 Å². The standard InChI is InChI=1S/C36H46N2/c1-23(2)30-18-14-19-31(24(3)4)35(30)37-27(9)34(22-29-16-12-11-13-17-29)28(10)38-36-32(25(5)6)20-15-21-33(36)26(7)8/h11-26H,1-10H3. The van der Waals surface area contributed by atoms with Crippen molar-refractivity contribution in [2.75, 3.05) is 0 Å². The number of rotatable bonds is 9. The van der Waals surface area contributed by atoms with Gasteiger partial charge in [0.05, 0.1) is 11.4 Å². The Bertz CT molecular complexity index is 1180. The predicted molar refractivity (Wildman–Crippen MR) is 169 cm³/mol. The summed E-state index contributed by atoms with van der Waals surface area (Å²) >= 11 is 0. The highest BCUT2D eigenvalue weighted by atomic mass is 14.8. The zero-order chi connectivity index (χ0) is 28.0. The van der Waals surface area contributed by atoms with Gasteiger partial charge in [-0.25, -0.2) is 0 Å². The van der Waals surface area contributed by atoms with E-state index in [9.17, 15) is 0 Å². The van der Waals surface area contributed by atoms with Crippen molar-refractivity contribution in [3.05, 3.63) is 100 Å². The Balaban J connectivity index is 2.28. The molecule has 0 bridgehead atoms. The number of nitrogens with zero attached hydrogens (tertiary/aromatic N) is 2. The summed E-state index contributed by atoms with van der Waals surface area (Å²) in [6.07, 6.45) is 2.23. The predicted octanol–water partition coefficient (Wildman–Crippen LogP) is 11.1. The maximum absolute atomic E-state index is 5.34. The van der Waals surface area contributed by atoms with Gasteiger partial charge in [0.2, 0.25) is 0 Å². The lowest BCUT2D eigenvalue weighted by molar-refractivity contribution is 0.834. The summed E-state index contributed by atoms with van der Waals surface area (Å²) in [5.74, 6) is 1.57. The number of aliphatic imine (C=N–C) groups is 2. The monoisotopic (exact) mass is 506 g/mol. The van der Waals surface area contributed by atoms with Crippen LogP contribution in [0.3, 0.4) is 0 Å². The lowest BCUT2D eigenvalue weighted by Gasteiger charge is -2.19. The molecule has 0 radical (unpaired) electrons. The third-order valence-electron chi connectivity index (χ3n) is 7.13. The van der Waals surface area contributed by atoms with Gasteiger partial charge in [0.1, 0.15) is 0 Å². The van der Waals surface area contributed by atoms with Crippen molar-refractivity contribution in [1.29, 1.82) is 0 Å². The molecule has 3 rings (SSSR count). The second kappa shape index (κ2) is 13.0. The maximum Gasteiger partial charge on any atom is 0.0702 e. The van der Waals surface area contributed by atoms with Crippen LogP contribution in [0.5, 0.6) is 0 Å². The Morgan fingerprint density at radius 2 is 0.842 bits per heavy atom. The van der Waals surface area contributed by atoms with Gasteiger partial charge >= 0.3 is 0 Å². The molecule has 200 valence electrons. The Kier molecular flexibility index (Phi) is 10.0. The molecule has 0 unspecified atom stereocenters. The fourth-order valence-electron chi connectivity index (χ4n) is 4.92. The molecule has 0 aliphatic rings. The Morgan fingerprint density at radius 3 is 1.16 bits per heavy atom. The van der Waals surface area contributed by atoms with Crippen LogP contribution in [0.4, 0.5) is 11.4 Å². The minimum absolute atomic E-state index is 0.392. The molecule has 0 atom stereocenters. The molecule has 0 aliphatic heterocycles. The molecule has 0 aliphatic carbocycles. The van der Waals surface area contributed by atoms with Gasteiger partial charge in [0.15, 0.2) is 0 Å². The summed E-state index contributed by atoms with van der Waals surface area (Å²) in [6.45, 7) is 22.2. The topological polar surface area (TPSA) is 24.7 Å². The number of hydrogen-bond donors (Lipinski definition) is 0. The number of benzene rings is 3. The number of allylic oxidation sites excluding steroid dienone is 1. The third kappa shape index (κ3) is 6.98. The highest BCUT2D eigenvalue weighted by molar-refractivity contribution is 6.26. The first-order valence-corrected chi connectivity index (χ1v) is 14.1. The van der Waals surface area contributed by atoms with E-state index in [-0.39, 0.29) is 0 Å². The number of para-hydroxylation sites is 2. The largest absolute Gasteiger partial charge is 0.252 e. The number of hydrogen-bond acceptors (Lipinski definition) is 2. The summed E-state index contributed by atoms with van der Waals surface area (Å²) in [5.41, 5.74) is 11.5. The van der Waals surface area contributed by atoms with Crippen molar-refractivity contribution < 1.29 is 0 Å². The molecule has 0 spiro atoms.